The highest BCUT2D eigenvalue weighted by molar-refractivity contribution is 5.79. The maximum Gasteiger partial charge on any atom is 0.201 e. The molecule has 0 fully saturated rings. The summed E-state index contributed by atoms with van der Waals surface area (Å²) in [6, 6.07) is 14.9. The molecule has 3 heteroatoms. The van der Waals surface area contributed by atoms with Crippen molar-refractivity contribution >= 4 is 17.0 Å². The van der Waals surface area contributed by atoms with Gasteiger partial charge in [0, 0.05) is 6.54 Å². The molecule has 0 aliphatic heterocycles. The van der Waals surface area contributed by atoms with Gasteiger partial charge >= 0.3 is 0 Å². The summed E-state index contributed by atoms with van der Waals surface area (Å²) in [4.78, 5) is 4.44. The number of nitrogens with two attached hydrogens (primary N) is 1. The number of fused-ring (bicyclic) bond motifs is 1. The molecule has 0 aliphatic carbocycles. The first-order valence-electron chi connectivity index (χ1n) is 6.91. The van der Waals surface area contributed by atoms with Gasteiger partial charge in [0.2, 0.25) is 5.95 Å². The Bertz CT molecular complexity index is 756. The largest absolute Gasteiger partial charge is 0.369 e. The fraction of sp³-hybridized carbons (Fsp3) is 0.235. The lowest BCUT2D eigenvalue weighted by atomic mass is 10.1. The molecule has 0 saturated carbocycles. The smallest absolute Gasteiger partial charge is 0.201 e. The van der Waals surface area contributed by atoms with E-state index in [0.717, 1.165) is 24.0 Å². The quantitative estimate of drug-likeness (QED) is 0.788. The van der Waals surface area contributed by atoms with E-state index in [9.17, 15) is 0 Å². The lowest BCUT2D eigenvalue weighted by molar-refractivity contribution is 0.725. The molecule has 102 valence electrons. The Kier molecular flexibility index (Phi) is 3.18. The molecule has 3 rings (SSSR count). The van der Waals surface area contributed by atoms with Crippen LogP contribution in [0.3, 0.4) is 0 Å². The fourth-order valence-electron chi connectivity index (χ4n) is 2.60. The van der Waals surface area contributed by atoms with Crippen molar-refractivity contribution in [3.63, 3.8) is 0 Å². The number of benzene rings is 2. The van der Waals surface area contributed by atoms with Crippen LogP contribution in [0.2, 0.25) is 0 Å². The predicted molar refractivity (Wildman–Crippen MR) is 83.8 cm³/mol. The number of imidazole rings is 1. The van der Waals surface area contributed by atoms with Gasteiger partial charge in [-0.05, 0) is 43.5 Å². The second-order valence-electron chi connectivity index (χ2n) is 5.35. The third kappa shape index (κ3) is 2.39. The molecule has 3 nitrogen and oxygen atoms in total. The Morgan fingerprint density at radius 3 is 2.65 bits per heavy atom. The maximum absolute atomic E-state index is 6.05. The third-order valence-corrected chi connectivity index (χ3v) is 3.64. The number of anilines is 1. The number of hydrogen-bond donors (Lipinski definition) is 1. The van der Waals surface area contributed by atoms with Crippen LogP contribution in [0.15, 0.2) is 42.5 Å². The normalized spacial score (nSPS) is 11.1. The van der Waals surface area contributed by atoms with Crippen molar-refractivity contribution in [2.45, 2.75) is 26.8 Å². The van der Waals surface area contributed by atoms with Crippen LogP contribution in [0.4, 0.5) is 5.95 Å². The van der Waals surface area contributed by atoms with Gasteiger partial charge in [-0.3, -0.25) is 0 Å². The van der Waals surface area contributed by atoms with E-state index in [1.807, 2.05) is 0 Å². The van der Waals surface area contributed by atoms with Gasteiger partial charge in [0.1, 0.15) is 0 Å². The van der Waals surface area contributed by atoms with Gasteiger partial charge in [0.05, 0.1) is 11.0 Å². The highest BCUT2D eigenvalue weighted by Gasteiger charge is 2.08. The molecule has 0 bridgehead atoms. The molecule has 0 unspecified atom stereocenters. The predicted octanol–water partition coefficient (Wildman–Crippen LogP) is 3.48. The minimum absolute atomic E-state index is 0.596. The van der Waals surface area contributed by atoms with Gasteiger partial charge in [-0.1, -0.05) is 35.9 Å². The van der Waals surface area contributed by atoms with Crippen LogP contribution in [0.1, 0.15) is 16.7 Å². The van der Waals surface area contributed by atoms with E-state index in [0.29, 0.717) is 5.95 Å². The molecule has 0 spiro atoms. The first kappa shape index (κ1) is 12.7. The summed E-state index contributed by atoms with van der Waals surface area (Å²) in [7, 11) is 0. The van der Waals surface area contributed by atoms with E-state index in [4.69, 9.17) is 5.73 Å². The van der Waals surface area contributed by atoms with Gasteiger partial charge in [-0.25, -0.2) is 4.98 Å². The molecular weight excluding hydrogens is 246 g/mol. The van der Waals surface area contributed by atoms with Crippen LogP contribution >= 0.6 is 0 Å². The highest BCUT2D eigenvalue weighted by Crippen LogP contribution is 2.20. The molecule has 20 heavy (non-hydrogen) atoms. The number of hydrogen-bond acceptors (Lipinski definition) is 2. The van der Waals surface area contributed by atoms with Crippen LogP contribution < -0.4 is 5.73 Å². The van der Waals surface area contributed by atoms with Crippen LogP contribution in [-0.2, 0) is 13.0 Å². The SMILES string of the molecule is Cc1cccc(CCn2c(N)nc3cc(C)ccc32)c1. The highest BCUT2D eigenvalue weighted by atomic mass is 15.1. The van der Waals surface area contributed by atoms with Crippen LogP contribution in [0, 0.1) is 13.8 Å². The van der Waals surface area contributed by atoms with E-state index >= 15 is 0 Å². The van der Waals surface area contributed by atoms with Crippen molar-refractivity contribution in [1.29, 1.82) is 0 Å². The van der Waals surface area contributed by atoms with Gasteiger partial charge < -0.3 is 10.3 Å². The number of nitrogen functional groups attached to an aromatic ring is 1. The fourth-order valence-corrected chi connectivity index (χ4v) is 2.60. The first-order valence-corrected chi connectivity index (χ1v) is 6.91. The topological polar surface area (TPSA) is 43.8 Å². The van der Waals surface area contributed by atoms with Crippen molar-refractivity contribution in [3.05, 3.63) is 59.2 Å². The summed E-state index contributed by atoms with van der Waals surface area (Å²) in [5.74, 6) is 0.596. The molecule has 0 amide bonds. The summed E-state index contributed by atoms with van der Waals surface area (Å²) >= 11 is 0. The van der Waals surface area contributed by atoms with Crippen molar-refractivity contribution in [3.8, 4) is 0 Å². The molecule has 0 atom stereocenters. The Balaban J connectivity index is 1.89. The molecule has 2 aromatic carbocycles. The summed E-state index contributed by atoms with van der Waals surface area (Å²) in [6.45, 7) is 5.05. The second-order valence-corrected chi connectivity index (χ2v) is 5.35. The van der Waals surface area contributed by atoms with Crippen LogP contribution in [0.5, 0.6) is 0 Å². The van der Waals surface area contributed by atoms with E-state index in [1.165, 1.54) is 16.7 Å². The van der Waals surface area contributed by atoms with Crippen LogP contribution in [0.25, 0.3) is 11.0 Å². The molecule has 0 radical (unpaired) electrons. The Labute approximate surface area is 119 Å². The molecule has 0 saturated heterocycles. The van der Waals surface area contributed by atoms with Crippen LogP contribution in [-0.4, -0.2) is 9.55 Å². The third-order valence-electron chi connectivity index (χ3n) is 3.64. The molecule has 2 N–H and O–H groups in total. The Morgan fingerprint density at radius 2 is 1.85 bits per heavy atom. The zero-order valence-electron chi connectivity index (χ0n) is 11.9. The summed E-state index contributed by atoms with van der Waals surface area (Å²) in [5.41, 5.74) is 12.0. The lowest BCUT2D eigenvalue weighted by Crippen LogP contribution is -2.05. The zero-order valence-corrected chi connectivity index (χ0v) is 11.9. The van der Waals surface area contributed by atoms with E-state index < -0.39 is 0 Å². The van der Waals surface area contributed by atoms with Crippen molar-refractivity contribution in [2.75, 3.05) is 5.73 Å². The maximum atomic E-state index is 6.05. The van der Waals surface area contributed by atoms with Gasteiger partial charge in [-0.15, -0.1) is 0 Å². The average molecular weight is 265 g/mol. The van der Waals surface area contributed by atoms with Gasteiger partial charge in [0.25, 0.3) is 0 Å². The minimum Gasteiger partial charge on any atom is -0.369 e. The summed E-state index contributed by atoms with van der Waals surface area (Å²) < 4.78 is 2.09. The standard InChI is InChI=1S/C17H19N3/c1-12-4-3-5-14(10-12)8-9-20-16-7-6-13(2)11-15(16)19-17(20)18/h3-7,10-11H,8-9H2,1-2H3,(H2,18,19). The van der Waals surface area contributed by atoms with Gasteiger partial charge in [-0.2, -0.15) is 0 Å². The molecule has 1 aromatic heterocycles. The van der Waals surface area contributed by atoms with Crippen molar-refractivity contribution in [2.24, 2.45) is 0 Å². The molecular formula is C17H19N3. The summed E-state index contributed by atoms with van der Waals surface area (Å²) in [5, 5.41) is 0. The molecule has 3 aromatic rings. The van der Waals surface area contributed by atoms with E-state index in [1.54, 1.807) is 0 Å². The minimum atomic E-state index is 0.596. The lowest BCUT2D eigenvalue weighted by Gasteiger charge is -2.07. The number of aryl methyl sites for hydroxylation is 4. The number of rotatable bonds is 3. The van der Waals surface area contributed by atoms with E-state index in [2.05, 4.69) is 65.9 Å². The number of aromatic nitrogens is 2. The van der Waals surface area contributed by atoms with Crippen molar-refractivity contribution in [1.82, 2.24) is 9.55 Å². The number of nitrogens with zero attached hydrogens (tertiary/aromatic N) is 2. The van der Waals surface area contributed by atoms with Gasteiger partial charge in [0.15, 0.2) is 0 Å². The van der Waals surface area contributed by atoms with Crippen molar-refractivity contribution < 1.29 is 0 Å². The Hall–Kier alpha value is -2.29. The molecule has 1 heterocycles. The monoisotopic (exact) mass is 265 g/mol. The Morgan fingerprint density at radius 1 is 1.05 bits per heavy atom. The summed E-state index contributed by atoms with van der Waals surface area (Å²) in [6.07, 6.45) is 0.964. The average Bonchev–Trinajstić information content (AvgIpc) is 2.71. The zero-order chi connectivity index (χ0) is 14.1. The second kappa shape index (κ2) is 5.00. The first-order chi connectivity index (χ1) is 9.63. The molecule has 0 aliphatic rings. The van der Waals surface area contributed by atoms with E-state index in [-0.39, 0.29) is 0 Å².